The Morgan fingerprint density at radius 1 is 1.17 bits per heavy atom. The zero-order valence-corrected chi connectivity index (χ0v) is 18.2. The number of sulfonamides is 1. The molecule has 1 atom stereocenters. The Labute approximate surface area is 172 Å². The zero-order chi connectivity index (χ0) is 21.6. The monoisotopic (exact) mass is 420 g/mol. The van der Waals surface area contributed by atoms with Crippen molar-refractivity contribution in [3.05, 3.63) is 53.6 Å². The predicted molar refractivity (Wildman–Crippen MR) is 114 cm³/mol. The van der Waals surface area contributed by atoms with E-state index < -0.39 is 10.0 Å². The van der Waals surface area contributed by atoms with E-state index in [-0.39, 0.29) is 18.6 Å². The number of nitrogens with one attached hydrogen (secondary N) is 1. The summed E-state index contributed by atoms with van der Waals surface area (Å²) < 4.78 is 35.1. The molecular weight excluding hydrogens is 392 g/mol. The van der Waals surface area contributed by atoms with Gasteiger partial charge in [-0.2, -0.15) is 0 Å². The molecule has 1 N–H and O–H groups in total. The predicted octanol–water partition coefficient (Wildman–Crippen LogP) is 3.05. The van der Waals surface area contributed by atoms with Crippen LogP contribution in [-0.4, -0.2) is 41.3 Å². The molecule has 8 heteroatoms. The van der Waals surface area contributed by atoms with Gasteiger partial charge in [0.15, 0.2) is 6.61 Å². The number of carbonyl (C=O) groups is 1. The van der Waals surface area contributed by atoms with Gasteiger partial charge in [0.25, 0.3) is 5.91 Å². The molecule has 0 aliphatic heterocycles. The van der Waals surface area contributed by atoms with Gasteiger partial charge >= 0.3 is 0 Å². The molecule has 0 heterocycles. The molecule has 0 bridgehead atoms. The van der Waals surface area contributed by atoms with Crippen molar-refractivity contribution in [3.8, 4) is 11.5 Å². The number of methoxy groups -OCH3 is 1. The van der Waals surface area contributed by atoms with Gasteiger partial charge in [-0.1, -0.05) is 19.1 Å². The molecular formula is C21H28N2O5S. The fraction of sp³-hybridized carbons (Fsp3) is 0.381. The Hall–Kier alpha value is -2.74. The van der Waals surface area contributed by atoms with E-state index in [2.05, 4.69) is 5.32 Å². The molecule has 0 aromatic heterocycles. The lowest BCUT2D eigenvalue weighted by Gasteiger charge is -2.19. The Morgan fingerprint density at radius 2 is 1.83 bits per heavy atom. The van der Waals surface area contributed by atoms with E-state index in [4.69, 9.17) is 9.47 Å². The lowest BCUT2D eigenvalue weighted by atomic mass is 10.0. The average Bonchev–Trinajstić information content (AvgIpc) is 2.69. The first-order chi connectivity index (χ1) is 13.7. The highest BCUT2D eigenvalue weighted by atomic mass is 32.2. The van der Waals surface area contributed by atoms with Gasteiger partial charge in [-0.3, -0.25) is 9.10 Å². The molecule has 0 radical (unpaired) electrons. The van der Waals surface area contributed by atoms with Crippen LogP contribution < -0.4 is 19.1 Å². The van der Waals surface area contributed by atoms with Gasteiger partial charge in [-0.05, 0) is 54.8 Å². The van der Waals surface area contributed by atoms with E-state index in [1.165, 1.54) is 11.4 Å². The maximum atomic E-state index is 12.3. The molecule has 7 nitrogen and oxygen atoms in total. The Kier molecular flexibility index (Phi) is 7.50. The van der Waals surface area contributed by atoms with E-state index >= 15 is 0 Å². The van der Waals surface area contributed by atoms with Gasteiger partial charge in [-0.25, -0.2) is 8.42 Å². The summed E-state index contributed by atoms with van der Waals surface area (Å²) >= 11 is 0. The summed E-state index contributed by atoms with van der Waals surface area (Å²) in [7, 11) is -0.219. The van der Waals surface area contributed by atoms with Crippen molar-refractivity contribution in [1.82, 2.24) is 5.32 Å². The van der Waals surface area contributed by atoms with Gasteiger partial charge in [0.05, 0.1) is 25.1 Å². The minimum absolute atomic E-state index is 0.124. The molecule has 0 spiro atoms. The Balaban J connectivity index is 1.95. The van der Waals surface area contributed by atoms with E-state index in [0.29, 0.717) is 11.4 Å². The third-order valence-electron chi connectivity index (χ3n) is 4.63. The second-order valence-electron chi connectivity index (χ2n) is 6.77. The standard InChI is InChI=1S/C21H28N2O5S/c1-6-19(16-7-12-20(27-4)15(2)13-16)22-21(24)14-28-18-10-8-17(9-11-18)23(3)29(5,25)26/h7-13,19H,6,14H2,1-5H3,(H,22,24). The van der Waals surface area contributed by atoms with Crippen molar-refractivity contribution in [3.63, 3.8) is 0 Å². The van der Waals surface area contributed by atoms with Crippen molar-refractivity contribution < 1.29 is 22.7 Å². The number of ether oxygens (including phenoxy) is 2. The minimum Gasteiger partial charge on any atom is -0.496 e. The van der Waals surface area contributed by atoms with Crippen LogP contribution in [0.1, 0.15) is 30.5 Å². The molecule has 0 fully saturated rings. The normalized spacial score (nSPS) is 12.2. The fourth-order valence-corrected chi connectivity index (χ4v) is 3.37. The smallest absolute Gasteiger partial charge is 0.258 e. The molecule has 0 aliphatic rings. The third kappa shape index (κ3) is 6.12. The summed E-state index contributed by atoms with van der Waals surface area (Å²) in [5.41, 5.74) is 2.53. The highest BCUT2D eigenvalue weighted by Crippen LogP contribution is 2.24. The number of hydrogen-bond donors (Lipinski definition) is 1. The number of anilines is 1. The van der Waals surface area contributed by atoms with Crippen LogP contribution in [0.5, 0.6) is 11.5 Å². The molecule has 2 rings (SSSR count). The van der Waals surface area contributed by atoms with E-state index in [1.807, 2.05) is 32.0 Å². The number of benzene rings is 2. The second kappa shape index (κ2) is 9.65. The summed E-state index contributed by atoms with van der Waals surface area (Å²) in [5.74, 6) is 1.06. The first-order valence-corrected chi connectivity index (χ1v) is 11.1. The first-order valence-electron chi connectivity index (χ1n) is 9.26. The van der Waals surface area contributed by atoms with Crippen molar-refractivity contribution in [2.45, 2.75) is 26.3 Å². The molecule has 2 aromatic rings. The Bertz CT molecular complexity index is 942. The maximum Gasteiger partial charge on any atom is 0.258 e. The summed E-state index contributed by atoms with van der Waals surface area (Å²) in [4.78, 5) is 12.3. The first kappa shape index (κ1) is 22.5. The molecule has 0 saturated carbocycles. The average molecular weight is 421 g/mol. The summed E-state index contributed by atoms with van der Waals surface area (Å²) in [6.07, 6.45) is 1.88. The topological polar surface area (TPSA) is 84.9 Å². The molecule has 1 unspecified atom stereocenters. The number of carbonyl (C=O) groups excluding carboxylic acids is 1. The largest absolute Gasteiger partial charge is 0.496 e. The molecule has 158 valence electrons. The van der Waals surface area contributed by atoms with E-state index in [1.54, 1.807) is 31.4 Å². The van der Waals surface area contributed by atoms with Gasteiger partial charge < -0.3 is 14.8 Å². The summed E-state index contributed by atoms with van der Waals surface area (Å²) in [5, 5.41) is 2.98. The van der Waals surface area contributed by atoms with Gasteiger partial charge in [0.1, 0.15) is 11.5 Å². The number of rotatable bonds is 9. The fourth-order valence-electron chi connectivity index (χ4n) is 2.87. The van der Waals surface area contributed by atoms with Crippen LogP contribution in [0.25, 0.3) is 0 Å². The SMILES string of the molecule is CCC(NC(=O)COc1ccc(N(C)S(C)(=O)=O)cc1)c1ccc(OC)c(C)c1. The van der Waals surface area contributed by atoms with Crippen molar-refractivity contribution in [1.29, 1.82) is 0 Å². The van der Waals surface area contributed by atoms with Crippen molar-refractivity contribution >= 4 is 21.6 Å². The zero-order valence-electron chi connectivity index (χ0n) is 17.4. The van der Waals surface area contributed by atoms with Crippen LogP contribution in [0, 0.1) is 6.92 Å². The highest BCUT2D eigenvalue weighted by Gasteiger charge is 2.15. The molecule has 29 heavy (non-hydrogen) atoms. The van der Waals surface area contributed by atoms with E-state index in [9.17, 15) is 13.2 Å². The summed E-state index contributed by atoms with van der Waals surface area (Å²) in [6.45, 7) is 3.83. The van der Waals surface area contributed by atoms with Crippen LogP contribution in [0.3, 0.4) is 0 Å². The third-order valence-corrected chi connectivity index (χ3v) is 5.84. The van der Waals surface area contributed by atoms with Gasteiger partial charge in [-0.15, -0.1) is 0 Å². The number of nitrogens with zero attached hydrogens (tertiary/aromatic N) is 1. The van der Waals surface area contributed by atoms with Crippen molar-refractivity contribution in [2.75, 3.05) is 31.3 Å². The number of aryl methyl sites for hydroxylation is 1. The van der Waals surface area contributed by atoms with Crippen LogP contribution >= 0.6 is 0 Å². The highest BCUT2D eigenvalue weighted by molar-refractivity contribution is 7.92. The quantitative estimate of drug-likeness (QED) is 0.674. The molecule has 1 amide bonds. The minimum atomic E-state index is -3.32. The Morgan fingerprint density at radius 3 is 2.34 bits per heavy atom. The number of amides is 1. The second-order valence-corrected chi connectivity index (χ2v) is 8.78. The lowest BCUT2D eigenvalue weighted by Crippen LogP contribution is -2.32. The van der Waals surface area contributed by atoms with Gasteiger partial charge in [0.2, 0.25) is 10.0 Å². The van der Waals surface area contributed by atoms with Crippen LogP contribution in [0.2, 0.25) is 0 Å². The van der Waals surface area contributed by atoms with Gasteiger partial charge in [0, 0.05) is 7.05 Å². The molecule has 2 aromatic carbocycles. The molecule has 0 saturated heterocycles. The van der Waals surface area contributed by atoms with Crippen LogP contribution in [-0.2, 0) is 14.8 Å². The van der Waals surface area contributed by atoms with Crippen LogP contribution in [0.15, 0.2) is 42.5 Å². The lowest BCUT2D eigenvalue weighted by molar-refractivity contribution is -0.123. The van der Waals surface area contributed by atoms with Crippen molar-refractivity contribution in [2.24, 2.45) is 0 Å². The number of hydrogen-bond acceptors (Lipinski definition) is 5. The van der Waals surface area contributed by atoms with E-state index in [0.717, 1.165) is 29.6 Å². The molecule has 0 aliphatic carbocycles. The summed E-state index contributed by atoms with van der Waals surface area (Å²) in [6, 6.07) is 12.2. The maximum absolute atomic E-state index is 12.3. The van der Waals surface area contributed by atoms with Crippen LogP contribution in [0.4, 0.5) is 5.69 Å².